The molecular formula is C11H16N4O3. The molecule has 0 spiro atoms. The highest BCUT2D eigenvalue weighted by molar-refractivity contribution is 5.96. The molecule has 0 amide bonds. The highest BCUT2D eigenvalue weighted by Gasteiger charge is 2.20. The lowest BCUT2D eigenvalue weighted by atomic mass is 10.2. The Morgan fingerprint density at radius 2 is 2.11 bits per heavy atom. The minimum atomic E-state index is -0.160. The first-order chi connectivity index (χ1) is 8.65. The molecule has 0 unspecified atom stereocenters. The van der Waals surface area contributed by atoms with Crippen molar-refractivity contribution in [1.82, 2.24) is 4.57 Å². The minimum absolute atomic E-state index is 0.134. The predicted octanol–water partition coefficient (Wildman–Crippen LogP) is -0.562. The van der Waals surface area contributed by atoms with Crippen molar-refractivity contribution in [3.63, 3.8) is 0 Å². The summed E-state index contributed by atoms with van der Waals surface area (Å²) in [6, 6.07) is 2.95. The molecule has 1 aromatic heterocycles. The summed E-state index contributed by atoms with van der Waals surface area (Å²) in [7, 11) is 1.67. The lowest BCUT2D eigenvalue weighted by Crippen LogP contribution is -2.40. The van der Waals surface area contributed by atoms with Crippen LogP contribution in [0.1, 0.15) is 5.56 Å². The molecule has 98 valence electrons. The Morgan fingerprint density at radius 3 is 2.72 bits per heavy atom. The Bertz CT molecular complexity index is 506. The fourth-order valence-corrected chi connectivity index (χ4v) is 2.02. The van der Waals surface area contributed by atoms with Crippen LogP contribution in [0.4, 0.5) is 5.82 Å². The zero-order valence-corrected chi connectivity index (χ0v) is 10.2. The number of nitrogens with two attached hydrogens (primary N) is 1. The topological polar surface area (TPSA) is 93.6 Å². The number of rotatable bonds is 2. The van der Waals surface area contributed by atoms with Crippen LogP contribution in [-0.4, -0.2) is 36.8 Å². The van der Waals surface area contributed by atoms with E-state index in [0.29, 0.717) is 37.7 Å². The van der Waals surface area contributed by atoms with Crippen LogP contribution < -0.4 is 16.4 Å². The van der Waals surface area contributed by atoms with Gasteiger partial charge in [-0.2, -0.15) is 5.90 Å². The number of anilines is 1. The van der Waals surface area contributed by atoms with Gasteiger partial charge in [-0.05, 0) is 6.07 Å². The molecule has 0 aliphatic carbocycles. The summed E-state index contributed by atoms with van der Waals surface area (Å²) in [5.41, 5.74) is 0.367. The first-order valence-electron chi connectivity index (χ1n) is 5.63. The average Bonchev–Trinajstić information content (AvgIpc) is 2.41. The normalized spacial score (nSPS) is 15.6. The van der Waals surface area contributed by atoms with E-state index >= 15 is 0 Å². The van der Waals surface area contributed by atoms with E-state index in [1.807, 2.05) is 4.90 Å². The van der Waals surface area contributed by atoms with E-state index in [1.165, 1.54) is 10.6 Å². The number of nitrogens with one attached hydrogen (secondary N) is 1. The van der Waals surface area contributed by atoms with Gasteiger partial charge in [0.2, 0.25) is 5.90 Å². The van der Waals surface area contributed by atoms with Gasteiger partial charge in [0.05, 0.1) is 18.8 Å². The smallest absolute Gasteiger partial charge is 0.251 e. The highest BCUT2D eigenvalue weighted by Crippen LogP contribution is 2.19. The van der Waals surface area contributed by atoms with Crippen molar-refractivity contribution in [2.75, 3.05) is 31.2 Å². The van der Waals surface area contributed by atoms with Crippen LogP contribution in [0.25, 0.3) is 0 Å². The maximum Gasteiger partial charge on any atom is 0.251 e. The molecule has 7 nitrogen and oxygen atoms in total. The van der Waals surface area contributed by atoms with Gasteiger partial charge in [0.1, 0.15) is 5.82 Å². The Kier molecular flexibility index (Phi) is 3.63. The SMILES string of the molecule is Cn1c(N2CCOCC2)c(C(=N)ON)ccc1=O. The predicted molar refractivity (Wildman–Crippen MR) is 66.8 cm³/mol. The molecule has 0 radical (unpaired) electrons. The van der Waals surface area contributed by atoms with Gasteiger partial charge in [0.15, 0.2) is 0 Å². The third kappa shape index (κ3) is 2.22. The summed E-state index contributed by atoms with van der Waals surface area (Å²) < 4.78 is 6.77. The summed E-state index contributed by atoms with van der Waals surface area (Å²) in [4.78, 5) is 18.2. The molecule has 0 saturated carbocycles. The summed E-state index contributed by atoms with van der Waals surface area (Å²) >= 11 is 0. The van der Waals surface area contributed by atoms with E-state index in [1.54, 1.807) is 13.1 Å². The highest BCUT2D eigenvalue weighted by atomic mass is 16.6. The van der Waals surface area contributed by atoms with Crippen molar-refractivity contribution >= 4 is 11.7 Å². The van der Waals surface area contributed by atoms with Crippen LogP contribution in [0.2, 0.25) is 0 Å². The van der Waals surface area contributed by atoms with E-state index in [4.69, 9.17) is 16.0 Å². The number of pyridine rings is 1. The number of morpholine rings is 1. The summed E-state index contributed by atoms with van der Waals surface area (Å²) in [6.45, 7) is 2.53. The maximum atomic E-state index is 11.7. The molecule has 0 bridgehead atoms. The molecule has 1 aliphatic rings. The number of nitrogens with zero attached hydrogens (tertiary/aromatic N) is 2. The van der Waals surface area contributed by atoms with Crippen LogP contribution in [0, 0.1) is 5.41 Å². The van der Waals surface area contributed by atoms with Crippen molar-refractivity contribution < 1.29 is 9.57 Å². The number of aromatic nitrogens is 1. The van der Waals surface area contributed by atoms with Crippen LogP contribution in [0.3, 0.4) is 0 Å². The van der Waals surface area contributed by atoms with Gasteiger partial charge in [-0.15, -0.1) is 0 Å². The molecular weight excluding hydrogens is 236 g/mol. The Balaban J connectivity index is 2.50. The van der Waals surface area contributed by atoms with Crippen LogP contribution in [0.15, 0.2) is 16.9 Å². The fraction of sp³-hybridized carbons (Fsp3) is 0.455. The van der Waals surface area contributed by atoms with Crippen LogP contribution in [0.5, 0.6) is 0 Å². The third-order valence-corrected chi connectivity index (χ3v) is 2.95. The Morgan fingerprint density at radius 1 is 1.44 bits per heavy atom. The summed E-state index contributed by atoms with van der Waals surface area (Å²) in [5, 5.41) is 7.68. The summed E-state index contributed by atoms with van der Waals surface area (Å²) in [5.74, 6) is 5.52. The first kappa shape index (κ1) is 12.6. The second-order valence-corrected chi connectivity index (χ2v) is 4.01. The average molecular weight is 252 g/mol. The lowest BCUT2D eigenvalue weighted by molar-refractivity contribution is 0.122. The molecule has 7 heteroatoms. The standard InChI is InChI=1S/C11H16N4O3/c1-14-9(16)3-2-8(10(12)18-13)11(14)15-4-6-17-7-5-15/h2-3,12H,4-7,13H2,1H3. The third-order valence-electron chi connectivity index (χ3n) is 2.95. The molecule has 1 aliphatic heterocycles. The fourth-order valence-electron chi connectivity index (χ4n) is 2.02. The molecule has 1 saturated heterocycles. The van der Waals surface area contributed by atoms with Gasteiger partial charge >= 0.3 is 0 Å². The number of hydrogen-bond donors (Lipinski definition) is 2. The van der Waals surface area contributed by atoms with Gasteiger partial charge in [-0.25, -0.2) is 0 Å². The second-order valence-electron chi connectivity index (χ2n) is 4.01. The van der Waals surface area contributed by atoms with E-state index < -0.39 is 0 Å². The van der Waals surface area contributed by atoms with E-state index in [2.05, 4.69) is 4.84 Å². The molecule has 18 heavy (non-hydrogen) atoms. The molecule has 2 rings (SSSR count). The zero-order chi connectivity index (χ0) is 13.1. The maximum absolute atomic E-state index is 11.7. The van der Waals surface area contributed by atoms with Crippen LogP contribution in [-0.2, 0) is 16.6 Å². The van der Waals surface area contributed by atoms with Crippen molar-refractivity contribution in [1.29, 1.82) is 5.41 Å². The van der Waals surface area contributed by atoms with Gasteiger partial charge in [0, 0.05) is 26.2 Å². The monoisotopic (exact) mass is 252 g/mol. The van der Waals surface area contributed by atoms with Crippen molar-refractivity contribution in [3.8, 4) is 0 Å². The molecule has 0 aromatic carbocycles. The van der Waals surface area contributed by atoms with Crippen molar-refractivity contribution in [2.45, 2.75) is 0 Å². The number of ether oxygens (including phenoxy) is 1. The number of hydrogen-bond acceptors (Lipinski definition) is 6. The van der Waals surface area contributed by atoms with E-state index in [9.17, 15) is 4.79 Å². The zero-order valence-electron chi connectivity index (χ0n) is 10.2. The minimum Gasteiger partial charge on any atom is -0.391 e. The first-order valence-corrected chi connectivity index (χ1v) is 5.63. The molecule has 2 heterocycles. The van der Waals surface area contributed by atoms with Gasteiger partial charge in [0.25, 0.3) is 5.56 Å². The van der Waals surface area contributed by atoms with E-state index in [-0.39, 0.29) is 11.5 Å². The van der Waals surface area contributed by atoms with Crippen molar-refractivity contribution in [2.24, 2.45) is 12.9 Å². The largest absolute Gasteiger partial charge is 0.391 e. The lowest BCUT2D eigenvalue weighted by Gasteiger charge is -2.31. The molecule has 3 N–H and O–H groups in total. The molecule has 1 fully saturated rings. The van der Waals surface area contributed by atoms with Crippen LogP contribution >= 0.6 is 0 Å². The summed E-state index contributed by atoms with van der Waals surface area (Å²) in [6.07, 6.45) is 0. The molecule has 0 atom stereocenters. The van der Waals surface area contributed by atoms with E-state index in [0.717, 1.165) is 0 Å². The Hall–Kier alpha value is -1.86. The van der Waals surface area contributed by atoms with Gasteiger partial charge in [-0.3, -0.25) is 14.8 Å². The second kappa shape index (κ2) is 5.19. The van der Waals surface area contributed by atoms with Crippen molar-refractivity contribution in [3.05, 3.63) is 28.0 Å². The Labute approximate surface area is 104 Å². The van der Waals surface area contributed by atoms with Gasteiger partial charge < -0.3 is 14.5 Å². The molecule has 1 aromatic rings. The van der Waals surface area contributed by atoms with Gasteiger partial charge in [-0.1, -0.05) is 0 Å². The quantitative estimate of drug-likeness (QED) is 0.418.